The molecule has 0 radical (unpaired) electrons. The van der Waals surface area contributed by atoms with E-state index < -0.39 is 17.9 Å². The molecule has 9 heteroatoms. The number of nitrogens with zero attached hydrogens (tertiary/aromatic N) is 3. The molecule has 0 spiro atoms. The molecule has 1 saturated heterocycles. The first-order valence-electron chi connectivity index (χ1n) is 7.97. The minimum atomic E-state index is -0.828. The Labute approximate surface area is 149 Å². The van der Waals surface area contributed by atoms with Gasteiger partial charge in [0, 0.05) is 13.2 Å². The third kappa shape index (κ3) is 3.29. The van der Waals surface area contributed by atoms with Gasteiger partial charge in [-0.15, -0.1) is 0 Å². The fourth-order valence-corrected chi connectivity index (χ4v) is 2.79. The molecule has 1 aliphatic heterocycles. The summed E-state index contributed by atoms with van der Waals surface area (Å²) in [6.07, 6.45) is 1.54. The molecule has 1 atom stereocenters. The highest BCUT2D eigenvalue weighted by atomic mass is 16.5. The fourth-order valence-electron chi connectivity index (χ4n) is 2.79. The van der Waals surface area contributed by atoms with Crippen molar-refractivity contribution in [3.05, 3.63) is 41.7 Å². The highest BCUT2D eigenvalue weighted by Gasteiger charge is 2.39. The lowest BCUT2D eigenvalue weighted by molar-refractivity contribution is -0.121. The third-order valence-corrected chi connectivity index (χ3v) is 4.10. The summed E-state index contributed by atoms with van der Waals surface area (Å²) in [5.74, 6) is -0.562. The summed E-state index contributed by atoms with van der Waals surface area (Å²) < 4.78 is 6.60. The Morgan fingerprint density at radius 2 is 1.96 bits per heavy atom. The van der Waals surface area contributed by atoms with Crippen molar-refractivity contribution >= 4 is 23.4 Å². The molecule has 2 heterocycles. The predicted octanol–water partition coefficient (Wildman–Crippen LogP) is 0.304. The Hall–Kier alpha value is -3.20. The van der Waals surface area contributed by atoms with Crippen LogP contribution < -0.4 is 20.5 Å². The van der Waals surface area contributed by atoms with Crippen LogP contribution in [0, 0.1) is 6.92 Å². The smallest absolute Gasteiger partial charge is 0.268 e. The highest BCUT2D eigenvalue weighted by Crippen LogP contribution is 2.24. The number of ether oxygens (including phenoxy) is 1. The van der Waals surface area contributed by atoms with Crippen LogP contribution in [0.1, 0.15) is 22.5 Å². The van der Waals surface area contributed by atoms with E-state index in [9.17, 15) is 14.4 Å². The predicted molar refractivity (Wildman–Crippen MR) is 92.4 cm³/mol. The van der Waals surface area contributed by atoms with Gasteiger partial charge in [0.05, 0.1) is 30.5 Å². The first kappa shape index (κ1) is 17.6. The second kappa shape index (κ2) is 6.96. The van der Waals surface area contributed by atoms with Gasteiger partial charge in [0.15, 0.2) is 0 Å². The number of aryl methyl sites for hydroxylation is 2. The molecule has 136 valence electrons. The Kier molecular flexibility index (Phi) is 4.72. The van der Waals surface area contributed by atoms with E-state index in [1.54, 1.807) is 44.4 Å². The first-order chi connectivity index (χ1) is 12.4. The maximum absolute atomic E-state index is 12.5. The average Bonchev–Trinajstić information content (AvgIpc) is 3.11. The van der Waals surface area contributed by atoms with E-state index in [-0.39, 0.29) is 12.3 Å². The quantitative estimate of drug-likeness (QED) is 0.589. The van der Waals surface area contributed by atoms with Crippen molar-refractivity contribution in [1.29, 1.82) is 0 Å². The molecule has 1 aromatic heterocycles. The zero-order valence-corrected chi connectivity index (χ0v) is 14.6. The molecule has 1 aromatic carbocycles. The Balaban J connectivity index is 1.66. The lowest BCUT2D eigenvalue weighted by Gasteiger charge is -2.16. The zero-order chi connectivity index (χ0) is 18.8. The number of hydrogen-bond donors (Lipinski definition) is 2. The van der Waals surface area contributed by atoms with Crippen molar-refractivity contribution in [1.82, 2.24) is 20.6 Å². The molecule has 26 heavy (non-hydrogen) atoms. The van der Waals surface area contributed by atoms with Crippen LogP contribution in [0.3, 0.4) is 0 Å². The van der Waals surface area contributed by atoms with E-state index in [1.807, 2.05) is 0 Å². The second-order valence-corrected chi connectivity index (χ2v) is 5.92. The Bertz CT molecular complexity index is 859. The summed E-state index contributed by atoms with van der Waals surface area (Å²) in [5, 5.41) is 4.09. The van der Waals surface area contributed by atoms with Gasteiger partial charge < -0.3 is 4.74 Å². The maximum atomic E-state index is 12.5. The number of nitrogens with one attached hydrogen (secondary N) is 2. The lowest BCUT2D eigenvalue weighted by atomic mass is 10.2. The number of hydrogen-bond acceptors (Lipinski definition) is 6. The van der Waals surface area contributed by atoms with Crippen LogP contribution in [0.4, 0.5) is 5.69 Å². The minimum absolute atomic E-state index is 0.0445. The van der Waals surface area contributed by atoms with Gasteiger partial charge >= 0.3 is 0 Å². The summed E-state index contributed by atoms with van der Waals surface area (Å²) >= 11 is 0. The molecule has 3 rings (SSSR count). The van der Waals surface area contributed by atoms with Gasteiger partial charge in [-0.25, -0.2) is 10.3 Å². The van der Waals surface area contributed by atoms with Gasteiger partial charge in [0.1, 0.15) is 11.8 Å². The van der Waals surface area contributed by atoms with Crippen LogP contribution in [0.25, 0.3) is 0 Å². The molecule has 1 fully saturated rings. The summed E-state index contributed by atoms with van der Waals surface area (Å²) in [6, 6.07) is 5.78. The number of carbonyl (C=O) groups is 3. The number of amides is 3. The SMILES string of the molecule is COc1ccc(N2C(=O)CC(NNC(=O)c3cn(C)nc3C)C2=O)cc1. The van der Waals surface area contributed by atoms with Gasteiger partial charge in [-0.3, -0.25) is 24.5 Å². The van der Waals surface area contributed by atoms with Crippen molar-refractivity contribution in [3.63, 3.8) is 0 Å². The van der Waals surface area contributed by atoms with E-state index in [0.29, 0.717) is 22.7 Å². The fraction of sp³-hybridized carbons (Fsp3) is 0.294. The van der Waals surface area contributed by atoms with Crippen molar-refractivity contribution in [2.24, 2.45) is 7.05 Å². The van der Waals surface area contributed by atoms with Gasteiger partial charge in [-0.2, -0.15) is 5.10 Å². The van der Waals surface area contributed by atoms with Gasteiger partial charge in [0.2, 0.25) is 5.91 Å². The number of anilines is 1. The van der Waals surface area contributed by atoms with Gasteiger partial charge in [-0.05, 0) is 31.2 Å². The molecule has 0 aliphatic carbocycles. The minimum Gasteiger partial charge on any atom is -0.497 e. The molecule has 1 unspecified atom stereocenters. The topological polar surface area (TPSA) is 106 Å². The molecule has 2 N–H and O–H groups in total. The summed E-state index contributed by atoms with van der Waals surface area (Å²) in [7, 11) is 3.25. The number of aromatic nitrogens is 2. The van der Waals surface area contributed by atoms with Crippen molar-refractivity contribution in [3.8, 4) is 5.75 Å². The molecule has 9 nitrogen and oxygen atoms in total. The number of rotatable bonds is 5. The van der Waals surface area contributed by atoms with Gasteiger partial charge in [-0.1, -0.05) is 0 Å². The Morgan fingerprint density at radius 3 is 2.54 bits per heavy atom. The zero-order valence-electron chi connectivity index (χ0n) is 14.6. The van der Waals surface area contributed by atoms with E-state index in [1.165, 1.54) is 11.8 Å². The van der Waals surface area contributed by atoms with E-state index >= 15 is 0 Å². The number of imide groups is 1. The standard InChI is InChI=1S/C17H19N5O4/c1-10-13(9-21(2)20-10)16(24)19-18-14-8-15(23)22(17(14)25)11-4-6-12(26-3)7-5-11/h4-7,9,14,18H,8H2,1-3H3,(H,19,24). The highest BCUT2D eigenvalue weighted by molar-refractivity contribution is 6.22. The molecule has 3 amide bonds. The van der Waals surface area contributed by atoms with E-state index in [0.717, 1.165) is 4.90 Å². The largest absolute Gasteiger partial charge is 0.497 e. The number of carbonyl (C=O) groups excluding carboxylic acids is 3. The normalized spacial score (nSPS) is 16.9. The van der Waals surface area contributed by atoms with Crippen molar-refractivity contribution < 1.29 is 19.1 Å². The molecule has 0 bridgehead atoms. The van der Waals surface area contributed by atoms with E-state index in [4.69, 9.17) is 4.74 Å². The van der Waals surface area contributed by atoms with Crippen molar-refractivity contribution in [2.45, 2.75) is 19.4 Å². The number of methoxy groups -OCH3 is 1. The van der Waals surface area contributed by atoms with Crippen LogP contribution in [-0.2, 0) is 16.6 Å². The Morgan fingerprint density at radius 1 is 1.27 bits per heavy atom. The summed E-state index contributed by atoms with van der Waals surface area (Å²) in [6.45, 7) is 1.71. The number of benzene rings is 1. The van der Waals surface area contributed by atoms with Crippen molar-refractivity contribution in [2.75, 3.05) is 12.0 Å². The van der Waals surface area contributed by atoms with Crippen LogP contribution in [0.15, 0.2) is 30.5 Å². The maximum Gasteiger partial charge on any atom is 0.268 e. The van der Waals surface area contributed by atoms with Crippen LogP contribution in [0.5, 0.6) is 5.75 Å². The van der Waals surface area contributed by atoms with Crippen LogP contribution in [0.2, 0.25) is 0 Å². The van der Waals surface area contributed by atoms with Crippen LogP contribution in [-0.4, -0.2) is 40.7 Å². The third-order valence-electron chi connectivity index (χ3n) is 4.10. The molecular formula is C17H19N5O4. The average molecular weight is 357 g/mol. The molecule has 0 saturated carbocycles. The first-order valence-corrected chi connectivity index (χ1v) is 7.97. The summed E-state index contributed by atoms with van der Waals surface area (Å²) in [4.78, 5) is 38.1. The summed E-state index contributed by atoms with van der Waals surface area (Å²) in [5.41, 5.74) is 6.54. The number of hydrazine groups is 1. The monoisotopic (exact) mass is 357 g/mol. The second-order valence-electron chi connectivity index (χ2n) is 5.92. The lowest BCUT2D eigenvalue weighted by Crippen LogP contribution is -2.48. The van der Waals surface area contributed by atoms with E-state index in [2.05, 4.69) is 16.0 Å². The molecular weight excluding hydrogens is 338 g/mol. The van der Waals surface area contributed by atoms with Gasteiger partial charge in [0.25, 0.3) is 11.8 Å². The molecule has 2 aromatic rings. The van der Waals surface area contributed by atoms with Crippen LogP contribution >= 0.6 is 0 Å². The molecule has 1 aliphatic rings.